The topological polar surface area (TPSA) is 69.0 Å². The number of benzene rings is 1. The lowest BCUT2D eigenvalue weighted by molar-refractivity contribution is 0.0784. The lowest BCUT2D eigenvalue weighted by atomic mass is 10.1. The van der Waals surface area contributed by atoms with Crippen LogP contribution in [0.4, 0.5) is 0 Å². The van der Waals surface area contributed by atoms with Gasteiger partial charge in [-0.2, -0.15) is 0 Å². The molecule has 26 heavy (non-hydrogen) atoms. The Hall–Kier alpha value is -2.99. The van der Waals surface area contributed by atoms with E-state index in [1.54, 1.807) is 18.5 Å². The molecule has 1 N–H and O–H groups in total. The van der Waals surface area contributed by atoms with Crippen molar-refractivity contribution in [3.63, 3.8) is 0 Å². The first-order chi connectivity index (χ1) is 12.7. The van der Waals surface area contributed by atoms with Crippen LogP contribution in [-0.4, -0.2) is 33.1 Å². The lowest BCUT2D eigenvalue weighted by Crippen LogP contribution is -2.37. The summed E-state index contributed by atoms with van der Waals surface area (Å²) in [6, 6.07) is 13.5. The quantitative estimate of drug-likeness (QED) is 0.787. The van der Waals surface area contributed by atoms with E-state index in [2.05, 4.69) is 15.3 Å². The van der Waals surface area contributed by atoms with Gasteiger partial charge in [-0.25, -0.2) is 4.98 Å². The van der Waals surface area contributed by atoms with Crippen LogP contribution in [0.25, 0.3) is 5.69 Å². The van der Waals surface area contributed by atoms with E-state index in [1.165, 1.54) is 0 Å². The lowest BCUT2D eigenvalue weighted by Gasteiger charge is -2.20. The highest BCUT2D eigenvalue weighted by Crippen LogP contribution is 2.29. The molecule has 0 saturated carbocycles. The number of nitrogens with one attached hydrogen (secondary N) is 1. The molecule has 0 unspecified atom stereocenters. The van der Waals surface area contributed by atoms with Gasteiger partial charge in [0.2, 0.25) is 0 Å². The minimum Gasteiger partial charge on any atom is -0.368 e. The molecular formula is C20H20N4O2. The molecule has 1 aliphatic rings. The number of rotatable bonds is 4. The van der Waals surface area contributed by atoms with Crippen molar-refractivity contribution in [1.29, 1.82) is 0 Å². The summed E-state index contributed by atoms with van der Waals surface area (Å²) in [6.07, 6.45) is 5.73. The zero-order valence-corrected chi connectivity index (χ0v) is 14.5. The molecule has 2 aromatic heterocycles. The van der Waals surface area contributed by atoms with Crippen molar-refractivity contribution in [1.82, 2.24) is 19.9 Å². The molecule has 1 amide bonds. The number of nitrogens with zero attached hydrogens (tertiary/aromatic N) is 3. The molecule has 1 aromatic carbocycles. The molecule has 3 heterocycles. The van der Waals surface area contributed by atoms with Gasteiger partial charge >= 0.3 is 0 Å². The smallest absolute Gasteiger partial charge is 0.253 e. The number of carbonyl (C=O) groups is 1. The number of para-hydroxylation sites is 1. The number of hydrogen-bond acceptors (Lipinski definition) is 4. The van der Waals surface area contributed by atoms with Crippen molar-refractivity contribution in [3.8, 4) is 5.69 Å². The Morgan fingerprint density at radius 1 is 1.19 bits per heavy atom. The molecule has 0 bridgehead atoms. The second-order valence-corrected chi connectivity index (χ2v) is 6.34. The zero-order valence-electron chi connectivity index (χ0n) is 14.5. The van der Waals surface area contributed by atoms with Crippen LogP contribution in [0, 0.1) is 6.92 Å². The summed E-state index contributed by atoms with van der Waals surface area (Å²) in [5.41, 5.74) is 2.45. The molecule has 1 fully saturated rings. The third kappa shape index (κ3) is 3.23. The van der Waals surface area contributed by atoms with Gasteiger partial charge in [0, 0.05) is 36.6 Å². The van der Waals surface area contributed by atoms with Gasteiger partial charge < -0.3 is 14.6 Å². The maximum atomic E-state index is 12.5. The normalized spacial score (nSPS) is 19.4. The minimum atomic E-state index is -0.285. The van der Waals surface area contributed by atoms with Crippen molar-refractivity contribution in [2.75, 3.05) is 6.61 Å². The van der Waals surface area contributed by atoms with Crippen LogP contribution in [0.2, 0.25) is 0 Å². The number of ether oxygens (including phenoxy) is 1. The maximum absolute atomic E-state index is 12.5. The van der Waals surface area contributed by atoms with E-state index in [9.17, 15) is 4.79 Å². The van der Waals surface area contributed by atoms with Gasteiger partial charge in [0.05, 0.1) is 11.6 Å². The molecular weight excluding hydrogens is 328 g/mol. The van der Waals surface area contributed by atoms with Crippen LogP contribution in [0.1, 0.15) is 34.4 Å². The Morgan fingerprint density at radius 3 is 2.81 bits per heavy atom. The predicted molar refractivity (Wildman–Crippen MR) is 97.1 cm³/mol. The van der Waals surface area contributed by atoms with Gasteiger partial charge in [0.15, 0.2) is 0 Å². The van der Waals surface area contributed by atoms with E-state index in [-0.39, 0.29) is 18.1 Å². The third-order valence-corrected chi connectivity index (χ3v) is 4.54. The SMILES string of the molecule is Cc1ccc(C(=O)N[C@H]2CCO[C@@H]2c2nccn2-c2ccccc2)cn1. The van der Waals surface area contributed by atoms with Crippen LogP contribution >= 0.6 is 0 Å². The van der Waals surface area contributed by atoms with Crippen LogP contribution < -0.4 is 5.32 Å². The average Bonchev–Trinajstić information content (AvgIpc) is 3.31. The fourth-order valence-electron chi connectivity index (χ4n) is 3.18. The largest absolute Gasteiger partial charge is 0.368 e. The number of hydrogen-bond donors (Lipinski definition) is 1. The Morgan fingerprint density at radius 2 is 2.04 bits per heavy atom. The Labute approximate surface area is 151 Å². The van der Waals surface area contributed by atoms with Crippen LogP contribution in [0.5, 0.6) is 0 Å². The van der Waals surface area contributed by atoms with Gasteiger partial charge in [0.25, 0.3) is 5.91 Å². The first-order valence-corrected chi connectivity index (χ1v) is 8.66. The van der Waals surface area contributed by atoms with Crippen LogP contribution in [0.3, 0.4) is 0 Å². The van der Waals surface area contributed by atoms with Crippen molar-refractivity contribution < 1.29 is 9.53 Å². The summed E-state index contributed by atoms with van der Waals surface area (Å²) in [5.74, 6) is 0.650. The van der Waals surface area contributed by atoms with E-state index in [0.29, 0.717) is 12.2 Å². The number of aryl methyl sites for hydroxylation is 1. The summed E-state index contributed by atoms with van der Waals surface area (Å²) in [7, 11) is 0. The number of pyridine rings is 1. The van der Waals surface area contributed by atoms with Crippen molar-refractivity contribution in [3.05, 3.63) is 78.1 Å². The van der Waals surface area contributed by atoms with Gasteiger partial charge in [-0.3, -0.25) is 9.78 Å². The highest BCUT2D eigenvalue weighted by Gasteiger charge is 2.34. The highest BCUT2D eigenvalue weighted by molar-refractivity contribution is 5.94. The van der Waals surface area contributed by atoms with Crippen LogP contribution in [0.15, 0.2) is 61.1 Å². The molecule has 0 spiro atoms. The zero-order chi connectivity index (χ0) is 17.9. The average molecular weight is 348 g/mol. The third-order valence-electron chi connectivity index (χ3n) is 4.54. The molecule has 0 aliphatic carbocycles. The monoisotopic (exact) mass is 348 g/mol. The summed E-state index contributed by atoms with van der Waals surface area (Å²) in [6.45, 7) is 2.48. The van der Waals surface area contributed by atoms with E-state index in [4.69, 9.17) is 4.74 Å². The van der Waals surface area contributed by atoms with Gasteiger partial charge in [-0.15, -0.1) is 0 Å². The fraction of sp³-hybridized carbons (Fsp3) is 0.250. The van der Waals surface area contributed by atoms with E-state index in [0.717, 1.165) is 23.6 Å². The van der Waals surface area contributed by atoms with Gasteiger partial charge in [-0.05, 0) is 37.6 Å². The Kier molecular flexibility index (Phi) is 4.50. The first-order valence-electron chi connectivity index (χ1n) is 8.66. The standard InChI is InChI=1S/C20H20N4O2/c1-14-7-8-15(13-22-14)20(25)23-17-9-12-26-18(17)19-21-10-11-24(19)16-5-3-2-4-6-16/h2-8,10-11,13,17-18H,9,12H2,1H3,(H,23,25)/t17-,18-/m0/s1. The summed E-state index contributed by atoms with van der Waals surface area (Å²) in [4.78, 5) is 21.2. The fourth-order valence-corrected chi connectivity index (χ4v) is 3.18. The molecule has 132 valence electrons. The number of carbonyl (C=O) groups excluding carboxylic acids is 1. The second kappa shape index (κ2) is 7.09. The van der Waals surface area contributed by atoms with E-state index in [1.807, 2.05) is 54.1 Å². The summed E-state index contributed by atoms with van der Waals surface area (Å²) >= 11 is 0. The van der Waals surface area contributed by atoms with Crippen molar-refractivity contribution in [2.24, 2.45) is 0 Å². The molecule has 1 aliphatic heterocycles. The molecule has 1 saturated heterocycles. The molecule has 2 atom stereocenters. The highest BCUT2D eigenvalue weighted by atomic mass is 16.5. The summed E-state index contributed by atoms with van der Waals surface area (Å²) < 4.78 is 7.92. The van der Waals surface area contributed by atoms with E-state index < -0.39 is 0 Å². The van der Waals surface area contributed by atoms with Gasteiger partial charge in [-0.1, -0.05) is 18.2 Å². The number of imidazole rings is 1. The van der Waals surface area contributed by atoms with Crippen LogP contribution in [-0.2, 0) is 4.74 Å². The Bertz CT molecular complexity index is 890. The summed E-state index contributed by atoms with van der Waals surface area (Å²) in [5, 5.41) is 3.07. The van der Waals surface area contributed by atoms with E-state index >= 15 is 0 Å². The van der Waals surface area contributed by atoms with Crippen molar-refractivity contribution in [2.45, 2.75) is 25.5 Å². The molecule has 3 aromatic rings. The number of aromatic nitrogens is 3. The van der Waals surface area contributed by atoms with Gasteiger partial charge in [0.1, 0.15) is 11.9 Å². The maximum Gasteiger partial charge on any atom is 0.253 e. The second-order valence-electron chi connectivity index (χ2n) is 6.34. The molecule has 0 radical (unpaired) electrons. The number of amides is 1. The van der Waals surface area contributed by atoms with Crippen molar-refractivity contribution >= 4 is 5.91 Å². The minimum absolute atomic E-state index is 0.131. The predicted octanol–water partition coefficient (Wildman–Crippen LogP) is 2.84. The molecule has 6 nitrogen and oxygen atoms in total. The molecule has 6 heteroatoms. The molecule has 4 rings (SSSR count). The Balaban J connectivity index is 1.55. The first kappa shape index (κ1) is 16.5.